The first-order chi connectivity index (χ1) is 11.4. The number of morpholine rings is 1. The summed E-state index contributed by atoms with van der Waals surface area (Å²) in [6, 6.07) is 9.91. The number of amides is 1. The van der Waals surface area contributed by atoms with Crippen LogP contribution in [-0.4, -0.2) is 46.1 Å². The molecule has 1 fully saturated rings. The Labute approximate surface area is 142 Å². The van der Waals surface area contributed by atoms with Gasteiger partial charge in [-0.2, -0.15) is 5.10 Å². The van der Waals surface area contributed by atoms with Crippen molar-refractivity contribution in [2.24, 2.45) is 0 Å². The molecule has 2 heterocycles. The fraction of sp³-hybridized carbons (Fsp3) is 0.444. The molecule has 2 aromatic rings. The molecule has 24 heavy (non-hydrogen) atoms. The van der Waals surface area contributed by atoms with Gasteiger partial charge in [-0.15, -0.1) is 0 Å². The Bertz CT molecular complexity index is 675. The molecule has 1 saturated heterocycles. The second-order valence-corrected chi connectivity index (χ2v) is 6.83. The predicted octanol–water partition coefficient (Wildman–Crippen LogP) is 3.18. The fourth-order valence-corrected chi connectivity index (χ4v) is 2.61. The van der Waals surface area contributed by atoms with Crippen molar-refractivity contribution in [3.8, 4) is 5.69 Å². The molecular formula is C18H23N3O3. The van der Waals surface area contributed by atoms with Crippen molar-refractivity contribution in [1.29, 1.82) is 0 Å². The van der Waals surface area contributed by atoms with Crippen LogP contribution in [0.5, 0.6) is 0 Å². The highest BCUT2D eigenvalue weighted by atomic mass is 16.6. The number of hydrogen-bond acceptors (Lipinski definition) is 4. The monoisotopic (exact) mass is 329 g/mol. The zero-order valence-corrected chi connectivity index (χ0v) is 14.3. The van der Waals surface area contributed by atoms with Gasteiger partial charge in [0, 0.05) is 18.9 Å². The number of hydrogen-bond donors (Lipinski definition) is 0. The van der Waals surface area contributed by atoms with Crippen LogP contribution in [0.2, 0.25) is 0 Å². The molecule has 0 spiro atoms. The van der Waals surface area contributed by atoms with Gasteiger partial charge in [0.25, 0.3) is 0 Å². The predicted molar refractivity (Wildman–Crippen MR) is 90.1 cm³/mol. The first-order valence-corrected chi connectivity index (χ1v) is 8.12. The van der Waals surface area contributed by atoms with E-state index in [2.05, 4.69) is 5.10 Å². The normalized spacial score (nSPS) is 18.5. The quantitative estimate of drug-likeness (QED) is 0.849. The Kier molecular flexibility index (Phi) is 4.57. The van der Waals surface area contributed by atoms with Crippen LogP contribution in [0.3, 0.4) is 0 Å². The molecule has 1 aliphatic heterocycles. The number of rotatable bonds is 2. The highest BCUT2D eigenvalue weighted by Crippen LogP contribution is 2.24. The van der Waals surface area contributed by atoms with Gasteiger partial charge in [-0.05, 0) is 44.5 Å². The summed E-state index contributed by atoms with van der Waals surface area (Å²) < 4.78 is 13.1. The topological polar surface area (TPSA) is 56.6 Å². The Morgan fingerprint density at radius 3 is 2.67 bits per heavy atom. The standard InChI is InChI=1S/C18H23N3O3/c1-18(2,3)24-17(22)20-11-12-23-16(13-20)14-5-7-15(8-6-14)21-10-4-9-19-21/h4-10,16H,11-13H2,1-3H3. The van der Waals surface area contributed by atoms with Gasteiger partial charge >= 0.3 is 6.09 Å². The van der Waals surface area contributed by atoms with Crippen molar-refractivity contribution in [2.75, 3.05) is 19.7 Å². The van der Waals surface area contributed by atoms with E-state index in [9.17, 15) is 4.79 Å². The van der Waals surface area contributed by atoms with Crippen LogP contribution in [0, 0.1) is 0 Å². The molecule has 1 aromatic heterocycles. The zero-order chi connectivity index (χ0) is 17.2. The molecule has 0 saturated carbocycles. The average Bonchev–Trinajstić information content (AvgIpc) is 3.08. The summed E-state index contributed by atoms with van der Waals surface area (Å²) in [5, 5.41) is 4.21. The van der Waals surface area contributed by atoms with Crippen LogP contribution in [0.25, 0.3) is 5.69 Å². The third kappa shape index (κ3) is 3.94. The summed E-state index contributed by atoms with van der Waals surface area (Å²) in [5.41, 5.74) is 1.54. The second-order valence-electron chi connectivity index (χ2n) is 6.83. The van der Waals surface area contributed by atoms with Crippen LogP contribution >= 0.6 is 0 Å². The summed E-state index contributed by atoms with van der Waals surface area (Å²) in [5.74, 6) is 0. The van der Waals surface area contributed by atoms with Crippen LogP contribution < -0.4 is 0 Å². The number of ether oxygens (including phenoxy) is 2. The lowest BCUT2D eigenvalue weighted by atomic mass is 10.1. The molecule has 1 aliphatic rings. The van der Waals surface area contributed by atoms with Crippen molar-refractivity contribution < 1.29 is 14.3 Å². The van der Waals surface area contributed by atoms with Crippen molar-refractivity contribution in [3.05, 3.63) is 48.3 Å². The minimum atomic E-state index is -0.490. The lowest BCUT2D eigenvalue weighted by molar-refractivity contribution is -0.0432. The third-order valence-electron chi connectivity index (χ3n) is 3.75. The molecule has 0 aliphatic carbocycles. The summed E-state index contributed by atoms with van der Waals surface area (Å²) in [7, 11) is 0. The summed E-state index contributed by atoms with van der Waals surface area (Å²) >= 11 is 0. The van der Waals surface area contributed by atoms with Crippen LogP contribution in [0.4, 0.5) is 4.79 Å². The molecule has 0 radical (unpaired) electrons. The van der Waals surface area contributed by atoms with E-state index in [4.69, 9.17) is 9.47 Å². The molecule has 3 rings (SSSR count). The highest BCUT2D eigenvalue weighted by molar-refractivity contribution is 5.68. The Hall–Kier alpha value is -2.34. The summed E-state index contributed by atoms with van der Waals surface area (Å²) in [6.07, 6.45) is 3.22. The molecule has 1 aromatic carbocycles. The van der Waals surface area contributed by atoms with Crippen molar-refractivity contribution in [3.63, 3.8) is 0 Å². The third-order valence-corrected chi connectivity index (χ3v) is 3.75. The molecule has 6 heteroatoms. The van der Waals surface area contributed by atoms with E-state index in [1.54, 1.807) is 15.8 Å². The van der Waals surface area contributed by atoms with Crippen molar-refractivity contribution in [1.82, 2.24) is 14.7 Å². The van der Waals surface area contributed by atoms with Crippen LogP contribution in [0.1, 0.15) is 32.4 Å². The number of benzene rings is 1. The molecule has 1 amide bonds. The first kappa shape index (κ1) is 16.5. The Morgan fingerprint density at radius 1 is 1.29 bits per heavy atom. The van der Waals surface area contributed by atoms with Gasteiger partial charge in [0.05, 0.1) is 18.8 Å². The highest BCUT2D eigenvalue weighted by Gasteiger charge is 2.28. The van der Waals surface area contributed by atoms with E-state index in [0.29, 0.717) is 19.7 Å². The van der Waals surface area contributed by atoms with E-state index >= 15 is 0 Å². The van der Waals surface area contributed by atoms with Crippen LogP contribution in [-0.2, 0) is 9.47 Å². The lowest BCUT2D eigenvalue weighted by Crippen LogP contribution is -2.44. The Morgan fingerprint density at radius 2 is 2.04 bits per heavy atom. The average molecular weight is 329 g/mol. The maximum Gasteiger partial charge on any atom is 0.410 e. The fourth-order valence-electron chi connectivity index (χ4n) is 2.61. The molecule has 6 nitrogen and oxygen atoms in total. The van der Waals surface area contributed by atoms with Gasteiger partial charge in [-0.3, -0.25) is 0 Å². The molecule has 0 bridgehead atoms. The van der Waals surface area contributed by atoms with Crippen molar-refractivity contribution >= 4 is 6.09 Å². The molecule has 1 atom stereocenters. The van der Waals surface area contributed by atoms with Gasteiger partial charge in [0.1, 0.15) is 11.7 Å². The van der Waals surface area contributed by atoms with E-state index < -0.39 is 5.60 Å². The molecule has 128 valence electrons. The van der Waals surface area contributed by atoms with Gasteiger partial charge in [0.15, 0.2) is 0 Å². The van der Waals surface area contributed by atoms with Gasteiger partial charge < -0.3 is 14.4 Å². The number of carbonyl (C=O) groups excluding carboxylic acids is 1. The van der Waals surface area contributed by atoms with Gasteiger partial charge in [-0.25, -0.2) is 9.48 Å². The van der Waals surface area contributed by atoms with Gasteiger partial charge in [0.2, 0.25) is 0 Å². The molecule has 0 N–H and O–H groups in total. The number of nitrogens with zero attached hydrogens (tertiary/aromatic N) is 3. The number of aromatic nitrogens is 2. The SMILES string of the molecule is CC(C)(C)OC(=O)N1CCOC(c2ccc(-n3cccn3)cc2)C1. The minimum Gasteiger partial charge on any atom is -0.444 e. The van der Waals surface area contributed by atoms with Crippen molar-refractivity contribution in [2.45, 2.75) is 32.5 Å². The smallest absolute Gasteiger partial charge is 0.410 e. The van der Waals surface area contributed by atoms with Gasteiger partial charge in [-0.1, -0.05) is 12.1 Å². The minimum absolute atomic E-state index is 0.141. The zero-order valence-electron chi connectivity index (χ0n) is 14.3. The summed E-state index contributed by atoms with van der Waals surface area (Å²) in [6.45, 7) is 7.17. The number of carbonyl (C=O) groups is 1. The van der Waals surface area contributed by atoms with E-state index in [0.717, 1.165) is 11.3 Å². The summed E-state index contributed by atoms with van der Waals surface area (Å²) in [4.78, 5) is 13.9. The van der Waals surface area contributed by atoms with E-state index in [1.165, 1.54) is 0 Å². The molecular weight excluding hydrogens is 306 g/mol. The lowest BCUT2D eigenvalue weighted by Gasteiger charge is -2.34. The maximum absolute atomic E-state index is 12.2. The van der Waals surface area contributed by atoms with E-state index in [-0.39, 0.29) is 12.2 Å². The first-order valence-electron chi connectivity index (χ1n) is 8.12. The van der Waals surface area contributed by atoms with Crippen LogP contribution in [0.15, 0.2) is 42.7 Å². The maximum atomic E-state index is 12.2. The largest absolute Gasteiger partial charge is 0.444 e. The molecule has 1 unspecified atom stereocenters. The van der Waals surface area contributed by atoms with E-state index in [1.807, 2.05) is 57.3 Å². The second kappa shape index (κ2) is 6.65. The Balaban J connectivity index is 1.67.